The summed E-state index contributed by atoms with van der Waals surface area (Å²) in [4.78, 5) is 6.43. The van der Waals surface area contributed by atoms with Gasteiger partial charge in [-0.1, -0.05) is 0 Å². The molecule has 1 rings (SSSR count). The van der Waals surface area contributed by atoms with Crippen molar-refractivity contribution >= 4 is 13.3 Å². The number of rotatable bonds is 5. The maximum atomic E-state index is 5.92. The second-order valence-corrected chi connectivity index (χ2v) is 6.09. The number of nitrogens with zero attached hydrogens (tertiary/aromatic N) is 2. The van der Waals surface area contributed by atoms with E-state index in [1.165, 1.54) is 6.20 Å². The van der Waals surface area contributed by atoms with Gasteiger partial charge < -0.3 is 19.9 Å². The van der Waals surface area contributed by atoms with Crippen molar-refractivity contribution in [2.75, 3.05) is 27.2 Å². The van der Waals surface area contributed by atoms with Crippen LogP contribution in [0, 0.1) is 0 Å². The van der Waals surface area contributed by atoms with E-state index < -0.39 is 7.12 Å². The summed E-state index contributed by atoms with van der Waals surface area (Å²) in [5.74, 6) is 0. The Hall–Kier alpha value is -0.845. The molecule has 0 atom stereocenters. The topological polar surface area (TPSA) is 60.1 Å². The molecule has 108 valence electrons. The lowest BCUT2D eigenvalue weighted by Crippen LogP contribution is -2.41. The molecule has 1 saturated heterocycles. The van der Waals surface area contributed by atoms with Gasteiger partial charge >= 0.3 is 7.12 Å². The maximum Gasteiger partial charge on any atom is 0.497 e. The molecule has 0 aromatic carbocycles. The molecule has 6 heteroatoms. The Bertz CT molecular complexity index is 349. The van der Waals surface area contributed by atoms with Crippen molar-refractivity contribution in [2.24, 2.45) is 10.7 Å². The molecule has 0 bridgehead atoms. The van der Waals surface area contributed by atoms with Crippen LogP contribution in [-0.2, 0) is 9.31 Å². The average Bonchev–Trinajstić information content (AvgIpc) is 2.47. The highest BCUT2D eigenvalue weighted by molar-refractivity contribution is 6.60. The Morgan fingerprint density at radius 1 is 1.21 bits per heavy atom. The minimum atomic E-state index is -0.446. The van der Waals surface area contributed by atoms with E-state index in [2.05, 4.69) is 9.89 Å². The number of likely N-dealkylation sites (N-methyl/N-ethyl adjacent to an activating group) is 1. The van der Waals surface area contributed by atoms with E-state index in [9.17, 15) is 0 Å². The van der Waals surface area contributed by atoms with Crippen molar-refractivity contribution in [3.8, 4) is 0 Å². The molecule has 1 fully saturated rings. The summed E-state index contributed by atoms with van der Waals surface area (Å²) < 4.78 is 11.8. The second-order valence-electron chi connectivity index (χ2n) is 6.09. The first kappa shape index (κ1) is 16.2. The van der Waals surface area contributed by atoms with E-state index in [0.717, 1.165) is 18.6 Å². The van der Waals surface area contributed by atoms with Crippen LogP contribution >= 0.6 is 0 Å². The van der Waals surface area contributed by atoms with Crippen LogP contribution in [0.4, 0.5) is 0 Å². The highest BCUT2D eigenvalue weighted by Gasteiger charge is 2.52. The van der Waals surface area contributed by atoms with Crippen molar-refractivity contribution < 1.29 is 9.31 Å². The molecular formula is C13H26BN3O2. The SMILES string of the molecule is CN(C)CCN=CC(=CN)B1OC(C)(C)C(C)(C)O1. The van der Waals surface area contributed by atoms with Gasteiger partial charge in [-0.25, -0.2) is 0 Å². The van der Waals surface area contributed by atoms with Crippen LogP contribution in [0.1, 0.15) is 27.7 Å². The summed E-state index contributed by atoms with van der Waals surface area (Å²) in [6.45, 7) is 9.70. The molecule has 0 aromatic rings. The number of hydrogen-bond acceptors (Lipinski definition) is 5. The molecule has 1 heterocycles. The summed E-state index contributed by atoms with van der Waals surface area (Å²) in [6, 6.07) is 0. The van der Waals surface area contributed by atoms with Crippen molar-refractivity contribution in [1.82, 2.24) is 4.90 Å². The molecule has 5 nitrogen and oxygen atoms in total. The van der Waals surface area contributed by atoms with Crippen LogP contribution in [0.25, 0.3) is 0 Å². The molecule has 0 amide bonds. The Morgan fingerprint density at radius 2 is 1.74 bits per heavy atom. The zero-order valence-electron chi connectivity index (χ0n) is 12.9. The molecular weight excluding hydrogens is 241 g/mol. The van der Waals surface area contributed by atoms with Crippen LogP contribution in [0.15, 0.2) is 16.7 Å². The lowest BCUT2D eigenvalue weighted by molar-refractivity contribution is 0.00578. The van der Waals surface area contributed by atoms with E-state index in [-0.39, 0.29) is 11.2 Å². The fourth-order valence-corrected chi connectivity index (χ4v) is 1.59. The zero-order chi connectivity index (χ0) is 14.7. The van der Waals surface area contributed by atoms with Crippen molar-refractivity contribution in [1.29, 1.82) is 0 Å². The molecule has 0 aliphatic carbocycles. The van der Waals surface area contributed by atoms with E-state index in [1.54, 1.807) is 6.21 Å². The van der Waals surface area contributed by atoms with E-state index in [1.807, 2.05) is 41.8 Å². The molecule has 1 aliphatic heterocycles. The van der Waals surface area contributed by atoms with E-state index >= 15 is 0 Å². The number of aliphatic imine (C=N–C) groups is 1. The lowest BCUT2D eigenvalue weighted by atomic mass is 9.79. The summed E-state index contributed by atoms with van der Waals surface area (Å²) in [5, 5.41) is 0. The van der Waals surface area contributed by atoms with Crippen LogP contribution in [0.2, 0.25) is 0 Å². The van der Waals surface area contributed by atoms with Gasteiger partial charge in [-0.3, -0.25) is 4.99 Å². The van der Waals surface area contributed by atoms with Crippen LogP contribution in [0.5, 0.6) is 0 Å². The van der Waals surface area contributed by atoms with Gasteiger partial charge in [0.1, 0.15) is 0 Å². The van der Waals surface area contributed by atoms with Crippen LogP contribution < -0.4 is 5.73 Å². The second kappa shape index (κ2) is 6.07. The summed E-state index contributed by atoms with van der Waals surface area (Å²) in [5.41, 5.74) is 5.69. The van der Waals surface area contributed by atoms with Crippen LogP contribution in [-0.4, -0.2) is 56.6 Å². The first-order valence-electron chi connectivity index (χ1n) is 6.61. The van der Waals surface area contributed by atoms with Gasteiger partial charge in [-0.2, -0.15) is 0 Å². The summed E-state index contributed by atoms with van der Waals surface area (Å²) >= 11 is 0. The van der Waals surface area contributed by atoms with Gasteiger partial charge in [0, 0.05) is 18.2 Å². The Balaban J connectivity index is 2.64. The van der Waals surface area contributed by atoms with Crippen LogP contribution in [0.3, 0.4) is 0 Å². The average molecular weight is 267 g/mol. The van der Waals surface area contributed by atoms with Gasteiger partial charge in [-0.15, -0.1) is 0 Å². The summed E-state index contributed by atoms with van der Waals surface area (Å²) in [6.07, 6.45) is 3.24. The Kier molecular flexibility index (Phi) is 5.18. The van der Waals surface area contributed by atoms with Gasteiger partial charge in [-0.05, 0) is 48.0 Å². The third-order valence-electron chi connectivity index (χ3n) is 3.63. The third-order valence-corrected chi connectivity index (χ3v) is 3.63. The first-order valence-corrected chi connectivity index (χ1v) is 6.61. The van der Waals surface area contributed by atoms with E-state index in [4.69, 9.17) is 15.0 Å². The molecule has 0 spiro atoms. The standard InChI is InChI=1S/C13H26BN3O2/c1-12(2)13(3,4)19-14(18-12)11(9-15)10-16-7-8-17(5)6/h9-10H,7-8,15H2,1-6H3. The summed E-state index contributed by atoms with van der Waals surface area (Å²) in [7, 11) is 3.59. The third kappa shape index (κ3) is 4.06. The Morgan fingerprint density at radius 3 is 2.16 bits per heavy atom. The van der Waals surface area contributed by atoms with E-state index in [0.29, 0.717) is 0 Å². The molecule has 2 N–H and O–H groups in total. The van der Waals surface area contributed by atoms with Crippen molar-refractivity contribution in [2.45, 2.75) is 38.9 Å². The number of allylic oxidation sites excluding steroid dienone is 1. The molecule has 0 radical (unpaired) electrons. The predicted molar refractivity (Wildman–Crippen MR) is 80.3 cm³/mol. The number of nitrogens with two attached hydrogens (primary N) is 1. The molecule has 0 saturated carbocycles. The first-order chi connectivity index (χ1) is 8.69. The molecule has 19 heavy (non-hydrogen) atoms. The maximum absolute atomic E-state index is 5.92. The minimum absolute atomic E-state index is 0.358. The molecule has 0 aromatic heterocycles. The van der Waals surface area contributed by atoms with Crippen molar-refractivity contribution in [3.63, 3.8) is 0 Å². The quantitative estimate of drug-likeness (QED) is 0.598. The lowest BCUT2D eigenvalue weighted by Gasteiger charge is -2.32. The van der Waals surface area contributed by atoms with Gasteiger partial charge in [0.15, 0.2) is 0 Å². The fourth-order valence-electron chi connectivity index (χ4n) is 1.59. The largest absolute Gasteiger partial charge is 0.497 e. The zero-order valence-corrected chi connectivity index (χ0v) is 12.9. The number of hydrogen-bond donors (Lipinski definition) is 1. The van der Waals surface area contributed by atoms with Crippen molar-refractivity contribution in [3.05, 3.63) is 11.7 Å². The van der Waals surface area contributed by atoms with Gasteiger partial charge in [0.25, 0.3) is 0 Å². The fraction of sp³-hybridized carbons (Fsp3) is 0.769. The highest BCUT2D eigenvalue weighted by atomic mass is 16.7. The predicted octanol–water partition coefficient (Wildman–Crippen LogP) is 1.09. The minimum Gasteiger partial charge on any atom is -0.405 e. The normalized spacial score (nSPS) is 22.7. The van der Waals surface area contributed by atoms with Gasteiger partial charge in [0.2, 0.25) is 0 Å². The monoisotopic (exact) mass is 267 g/mol. The smallest absolute Gasteiger partial charge is 0.405 e. The molecule has 0 unspecified atom stereocenters. The van der Waals surface area contributed by atoms with Gasteiger partial charge in [0.05, 0.1) is 17.7 Å². The Labute approximate surface area is 117 Å². The highest BCUT2D eigenvalue weighted by Crippen LogP contribution is 2.38. The molecule has 1 aliphatic rings.